The zero-order valence-electron chi connectivity index (χ0n) is 11.0. The van der Waals surface area contributed by atoms with E-state index < -0.39 is 26.9 Å². The molecule has 0 radical (unpaired) electrons. The fraction of sp³-hybridized carbons (Fsp3) is 0.818. The van der Waals surface area contributed by atoms with Crippen LogP contribution in [-0.4, -0.2) is 17.3 Å². The molecule has 0 saturated carbocycles. The predicted molar refractivity (Wildman–Crippen MR) is 106 cm³/mol. The Morgan fingerprint density at radius 3 is 1.55 bits per heavy atom. The summed E-state index contributed by atoms with van der Waals surface area (Å²) >= 11 is 66.4. The highest BCUT2D eigenvalue weighted by atomic mass is 35.6. The summed E-state index contributed by atoms with van der Waals surface area (Å²) in [4.78, 5) is 0. The summed E-state index contributed by atoms with van der Waals surface area (Å²) in [6.45, 7) is 2.00. The first-order chi connectivity index (χ1) is 9.66. The van der Waals surface area contributed by atoms with Gasteiger partial charge in [-0.05, 0) is 6.42 Å². The maximum atomic E-state index is 6.23. The molecule has 0 amide bonds. The van der Waals surface area contributed by atoms with Gasteiger partial charge in [0.2, 0.25) is 0 Å². The smallest absolute Gasteiger partial charge is 0.0982 e. The molecule has 0 aliphatic heterocycles. The summed E-state index contributed by atoms with van der Waals surface area (Å²) in [5.41, 5.74) is 0. The number of halogens is 11. The van der Waals surface area contributed by atoms with E-state index in [0.717, 1.165) is 12.8 Å². The minimum absolute atomic E-state index is 0.192. The van der Waals surface area contributed by atoms with Gasteiger partial charge in [-0.2, -0.15) is 0 Å². The summed E-state index contributed by atoms with van der Waals surface area (Å²) in [7, 11) is 0. The second-order valence-electron chi connectivity index (χ2n) is 4.46. The Morgan fingerprint density at radius 1 is 0.727 bits per heavy atom. The molecular formula is C11H11Cl11. The Hall–Kier alpha value is 2.93. The van der Waals surface area contributed by atoms with Crippen LogP contribution in [0.1, 0.15) is 32.6 Å². The molecule has 0 rings (SSSR count). The Bertz CT molecular complexity index is 406. The molecule has 132 valence electrons. The van der Waals surface area contributed by atoms with Crippen LogP contribution in [0.5, 0.6) is 0 Å². The van der Waals surface area contributed by atoms with Crippen molar-refractivity contribution in [3.8, 4) is 0 Å². The van der Waals surface area contributed by atoms with Crippen LogP contribution in [0.2, 0.25) is 0 Å². The van der Waals surface area contributed by atoms with Crippen LogP contribution in [0.25, 0.3) is 0 Å². The van der Waals surface area contributed by atoms with Gasteiger partial charge in [0.1, 0.15) is 4.49 Å². The van der Waals surface area contributed by atoms with Crippen LogP contribution in [0.3, 0.4) is 0 Å². The lowest BCUT2D eigenvalue weighted by Gasteiger charge is -2.46. The molecule has 11 heteroatoms. The molecule has 0 nitrogen and oxygen atoms in total. The molecule has 0 heterocycles. The van der Waals surface area contributed by atoms with Crippen molar-refractivity contribution in [3.63, 3.8) is 0 Å². The van der Waals surface area contributed by atoms with Crippen LogP contribution < -0.4 is 0 Å². The van der Waals surface area contributed by atoms with Crippen LogP contribution in [0.4, 0.5) is 0 Å². The zero-order chi connectivity index (χ0) is 18.0. The lowest BCUT2D eigenvalue weighted by atomic mass is 10.0. The van der Waals surface area contributed by atoms with Gasteiger partial charge in [-0.25, -0.2) is 0 Å². The van der Waals surface area contributed by atoms with Gasteiger partial charge in [0.05, 0.1) is 5.03 Å². The van der Waals surface area contributed by atoms with E-state index in [2.05, 4.69) is 0 Å². The molecule has 0 unspecified atom stereocenters. The molecule has 0 aromatic rings. The SMILES string of the molecule is CCCCCC(Cl)(Cl)C(Cl)(Cl)C(Cl)(Cl)C(Cl)(Cl)C(Cl)=C(Cl)Cl. The minimum atomic E-state index is -2.34. The Kier molecular flexibility index (Phi) is 10.5. The van der Waals surface area contributed by atoms with E-state index in [4.69, 9.17) is 128 Å². The van der Waals surface area contributed by atoms with Crippen molar-refractivity contribution in [2.45, 2.75) is 49.9 Å². The normalized spacial score (nSPS) is 14.2. The molecule has 0 atom stereocenters. The fourth-order valence-electron chi connectivity index (χ4n) is 1.44. The first-order valence-corrected chi connectivity index (χ1v) is 10.0. The third kappa shape index (κ3) is 5.23. The number of unbranched alkanes of at least 4 members (excludes halogenated alkanes) is 2. The number of rotatable bonds is 8. The number of alkyl halides is 8. The summed E-state index contributed by atoms with van der Waals surface area (Å²) in [6, 6.07) is 0. The third-order valence-corrected chi connectivity index (χ3v) is 9.42. The highest BCUT2D eigenvalue weighted by Gasteiger charge is 2.69. The summed E-state index contributed by atoms with van der Waals surface area (Å²) < 4.78 is -9.03. The molecule has 0 aliphatic rings. The standard InChI is InChI=1S/C11H11Cl11/c1-2-3-4-5-8(15,16)10(19,20)11(21,22)9(17,18)6(12)7(13)14/h2-5H2,1H3. The molecule has 22 heavy (non-hydrogen) atoms. The van der Waals surface area contributed by atoms with Crippen molar-refractivity contribution < 1.29 is 0 Å². The third-order valence-electron chi connectivity index (χ3n) is 2.78. The van der Waals surface area contributed by atoms with Crippen molar-refractivity contribution in [1.29, 1.82) is 0 Å². The van der Waals surface area contributed by atoms with E-state index in [1.807, 2.05) is 6.92 Å². The van der Waals surface area contributed by atoms with Gasteiger partial charge in [-0.15, -0.1) is 0 Å². The van der Waals surface area contributed by atoms with E-state index in [1.165, 1.54) is 0 Å². The van der Waals surface area contributed by atoms with E-state index >= 15 is 0 Å². The molecule has 0 bridgehead atoms. The maximum Gasteiger partial charge on any atom is 0.191 e. The average molecular weight is 533 g/mol. The Morgan fingerprint density at radius 2 is 1.18 bits per heavy atom. The average Bonchev–Trinajstić information content (AvgIpc) is 2.36. The number of hydrogen-bond donors (Lipinski definition) is 0. The predicted octanol–water partition coefficient (Wildman–Crippen LogP) is 9.15. The van der Waals surface area contributed by atoms with Crippen LogP contribution in [-0.2, 0) is 0 Å². The number of hydrogen-bond acceptors (Lipinski definition) is 0. The Labute approximate surface area is 185 Å². The van der Waals surface area contributed by atoms with Crippen molar-refractivity contribution >= 4 is 128 Å². The largest absolute Gasteiger partial charge is 0.191 e. The van der Waals surface area contributed by atoms with Crippen molar-refractivity contribution in [2.24, 2.45) is 0 Å². The fourth-order valence-corrected chi connectivity index (χ4v) is 4.55. The second-order valence-corrected chi connectivity index (χ2v) is 11.3. The van der Waals surface area contributed by atoms with Crippen molar-refractivity contribution in [3.05, 3.63) is 9.52 Å². The molecule has 0 aromatic heterocycles. The molecular weight excluding hydrogens is 522 g/mol. The van der Waals surface area contributed by atoms with Gasteiger partial charge < -0.3 is 0 Å². The highest BCUT2D eigenvalue weighted by molar-refractivity contribution is 6.76. The maximum absolute atomic E-state index is 6.23. The Balaban J connectivity index is 5.70. The monoisotopic (exact) mass is 528 g/mol. The van der Waals surface area contributed by atoms with E-state index in [1.54, 1.807) is 0 Å². The molecule has 0 N–H and O–H groups in total. The van der Waals surface area contributed by atoms with E-state index in [0.29, 0.717) is 6.42 Å². The molecule has 0 saturated heterocycles. The number of allylic oxidation sites excluding steroid dienone is 1. The van der Waals surface area contributed by atoms with Gasteiger partial charge in [0, 0.05) is 0 Å². The zero-order valence-corrected chi connectivity index (χ0v) is 19.3. The topological polar surface area (TPSA) is 0 Å². The van der Waals surface area contributed by atoms with E-state index in [-0.39, 0.29) is 6.42 Å². The lowest BCUT2D eigenvalue weighted by Crippen LogP contribution is -2.58. The van der Waals surface area contributed by atoms with Gasteiger partial charge in [0.25, 0.3) is 0 Å². The molecule has 0 aliphatic carbocycles. The quantitative estimate of drug-likeness (QED) is 0.216. The molecule has 0 spiro atoms. The first kappa shape index (κ1) is 24.9. The van der Waals surface area contributed by atoms with Crippen LogP contribution in [0.15, 0.2) is 9.52 Å². The van der Waals surface area contributed by atoms with Gasteiger partial charge in [-0.1, -0.05) is 154 Å². The lowest BCUT2D eigenvalue weighted by molar-refractivity contribution is 0.509. The van der Waals surface area contributed by atoms with E-state index in [9.17, 15) is 0 Å². The summed E-state index contributed by atoms with van der Waals surface area (Å²) in [5, 5.41) is -0.465. The van der Waals surface area contributed by atoms with Crippen LogP contribution in [0, 0.1) is 0 Å². The summed E-state index contributed by atoms with van der Waals surface area (Å²) in [6.07, 6.45) is 2.60. The minimum Gasteiger partial charge on any atom is -0.0982 e. The molecule has 0 aromatic carbocycles. The van der Waals surface area contributed by atoms with Crippen molar-refractivity contribution in [2.75, 3.05) is 0 Å². The first-order valence-electron chi connectivity index (χ1n) is 5.89. The second kappa shape index (κ2) is 9.23. The molecule has 0 fully saturated rings. The van der Waals surface area contributed by atoms with Crippen LogP contribution >= 0.6 is 128 Å². The highest BCUT2D eigenvalue weighted by Crippen LogP contribution is 2.64. The summed E-state index contributed by atoms with van der Waals surface area (Å²) in [5.74, 6) is 0. The van der Waals surface area contributed by atoms with Crippen molar-refractivity contribution in [1.82, 2.24) is 0 Å². The van der Waals surface area contributed by atoms with Gasteiger partial charge >= 0.3 is 0 Å². The van der Waals surface area contributed by atoms with Gasteiger partial charge in [0.15, 0.2) is 17.3 Å². The van der Waals surface area contributed by atoms with Gasteiger partial charge in [-0.3, -0.25) is 0 Å².